The fourth-order valence-electron chi connectivity index (χ4n) is 2.49. The summed E-state index contributed by atoms with van der Waals surface area (Å²) in [6.45, 7) is 9.76. The third-order valence-corrected chi connectivity index (χ3v) is 4.32. The minimum Gasteiger partial charge on any atom is -0.394 e. The quantitative estimate of drug-likeness (QED) is 0.854. The van der Waals surface area contributed by atoms with E-state index in [2.05, 4.69) is 15.5 Å². The van der Waals surface area contributed by atoms with E-state index in [1.807, 2.05) is 27.7 Å². The average molecular weight is 319 g/mol. The Morgan fingerprint density at radius 3 is 2.65 bits per heavy atom. The van der Waals surface area contributed by atoms with Crippen molar-refractivity contribution in [2.75, 3.05) is 6.61 Å². The molecule has 0 aliphatic carbocycles. The molecular weight excluding hydrogens is 294 g/mol. The van der Waals surface area contributed by atoms with Crippen molar-refractivity contribution in [3.05, 3.63) is 23.0 Å². The van der Waals surface area contributed by atoms with Crippen molar-refractivity contribution in [3.8, 4) is 0 Å². The lowest BCUT2D eigenvalue weighted by molar-refractivity contribution is 0.0893. The van der Waals surface area contributed by atoms with Gasteiger partial charge in [0.1, 0.15) is 0 Å². The van der Waals surface area contributed by atoms with E-state index in [1.54, 1.807) is 13.0 Å². The van der Waals surface area contributed by atoms with E-state index in [0.29, 0.717) is 22.4 Å². The zero-order chi connectivity index (χ0) is 17.1. The Kier molecular flexibility index (Phi) is 5.36. The SMILES string of the molecule is CC[C@H](C)[C@H](CO)NC(=O)c1cc(C(C)C)nc2onc(C)c12. The number of hydrogen-bond acceptors (Lipinski definition) is 5. The Labute approximate surface area is 136 Å². The normalized spacial score (nSPS) is 14.2. The molecule has 2 rings (SSSR count). The predicted molar refractivity (Wildman–Crippen MR) is 88.4 cm³/mol. The minimum atomic E-state index is -0.279. The minimum absolute atomic E-state index is 0.0887. The van der Waals surface area contributed by atoms with Crippen molar-refractivity contribution >= 4 is 17.0 Å². The zero-order valence-corrected chi connectivity index (χ0v) is 14.4. The van der Waals surface area contributed by atoms with Gasteiger partial charge >= 0.3 is 0 Å². The summed E-state index contributed by atoms with van der Waals surface area (Å²) in [7, 11) is 0. The van der Waals surface area contributed by atoms with Gasteiger partial charge in [0, 0.05) is 5.69 Å². The highest BCUT2D eigenvalue weighted by atomic mass is 16.5. The molecule has 6 nitrogen and oxygen atoms in total. The first kappa shape index (κ1) is 17.4. The lowest BCUT2D eigenvalue weighted by Gasteiger charge is -2.22. The molecular formula is C17H25N3O3. The molecule has 23 heavy (non-hydrogen) atoms. The maximum absolute atomic E-state index is 12.8. The monoisotopic (exact) mass is 319 g/mol. The Bertz CT molecular complexity index is 694. The number of aliphatic hydroxyl groups excluding tert-OH is 1. The highest BCUT2D eigenvalue weighted by Gasteiger charge is 2.23. The van der Waals surface area contributed by atoms with E-state index in [4.69, 9.17) is 4.52 Å². The number of amides is 1. The smallest absolute Gasteiger partial charge is 0.259 e. The summed E-state index contributed by atoms with van der Waals surface area (Å²) in [4.78, 5) is 17.2. The summed E-state index contributed by atoms with van der Waals surface area (Å²) >= 11 is 0. The number of aliphatic hydroxyl groups is 1. The second-order valence-corrected chi connectivity index (χ2v) is 6.35. The van der Waals surface area contributed by atoms with Crippen LogP contribution in [0.25, 0.3) is 11.1 Å². The molecule has 126 valence electrons. The number of aromatic nitrogens is 2. The van der Waals surface area contributed by atoms with Crippen LogP contribution in [-0.2, 0) is 0 Å². The number of rotatable bonds is 6. The number of carbonyl (C=O) groups is 1. The van der Waals surface area contributed by atoms with Crippen molar-refractivity contribution in [1.82, 2.24) is 15.5 Å². The molecule has 0 aliphatic rings. The highest BCUT2D eigenvalue weighted by molar-refractivity contribution is 6.06. The number of nitrogens with one attached hydrogen (secondary N) is 1. The van der Waals surface area contributed by atoms with Gasteiger partial charge in [-0.3, -0.25) is 4.79 Å². The molecule has 0 bridgehead atoms. The van der Waals surface area contributed by atoms with Gasteiger partial charge in [-0.05, 0) is 24.8 Å². The average Bonchev–Trinajstić information content (AvgIpc) is 2.92. The van der Waals surface area contributed by atoms with Crippen LogP contribution in [-0.4, -0.2) is 33.8 Å². The predicted octanol–water partition coefficient (Wildman–Crippen LogP) is 2.79. The van der Waals surface area contributed by atoms with Crippen LogP contribution >= 0.6 is 0 Å². The fourth-order valence-corrected chi connectivity index (χ4v) is 2.49. The first-order valence-electron chi connectivity index (χ1n) is 8.07. The molecule has 2 atom stereocenters. The Morgan fingerprint density at radius 2 is 2.09 bits per heavy atom. The molecule has 0 saturated heterocycles. The molecule has 0 aliphatic heterocycles. The Balaban J connectivity index is 2.44. The topological polar surface area (TPSA) is 88.2 Å². The summed E-state index contributed by atoms with van der Waals surface area (Å²) < 4.78 is 5.24. The van der Waals surface area contributed by atoms with Crippen molar-refractivity contribution in [3.63, 3.8) is 0 Å². The molecule has 1 amide bonds. The number of nitrogens with zero attached hydrogens (tertiary/aromatic N) is 2. The van der Waals surface area contributed by atoms with Gasteiger partial charge < -0.3 is 14.9 Å². The number of aryl methyl sites for hydroxylation is 1. The molecule has 0 unspecified atom stereocenters. The molecule has 6 heteroatoms. The largest absolute Gasteiger partial charge is 0.394 e. The van der Waals surface area contributed by atoms with Crippen molar-refractivity contribution in [2.24, 2.45) is 5.92 Å². The van der Waals surface area contributed by atoms with Crippen LogP contribution in [0.4, 0.5) is 0 Å². The van der Waals surface area contributed by atoms with Gasteiger partial charge in [0.05, 0.1) is 29.3 Å². The number of carbonyl (C=O) groups excluding carboxylic acids is 1. The Hall–Kier alpha value is -1.95. The molecule has 0 spiro atoms. The van der Waals surface area contributed by atoms with Crippen LogP contribution in [0.3, 0.4) is 0 Å². The number of hydrogen-bond donors (Lipinski definition) is 2. The van der Waals surface area contributed by atoms with Gasteiger partial charge in [-0.25, -0.2) is 4.98 Å². The van der Waals surface area contributed by atoms with Crippen LogP contribution in [0.15, 0.2) is 10.6 Å². The summed E-state index contributed by atoms with van der Waals surface area (Å²) in [6, 6.07) is 1.51. The molecule has 2 N–H and O–H groups in total. The van der Waals surface area contributed by atoms with Crippen LogP contribution in [0.2, 0.25) is 0 Å². The maximum atomic E-state index is 12.8. The van der Waals surface area contributed by atoms with E-state index in [0.717, 1.165) is 12.1 Å². The number of pyridine rings is 1. The van der Waals surface area contributed by atoms with Crippen LogP contribution in [0.5, 0.6) is 0 Å². The van der Waals surface area contributed by atoms with E-state index in [-0.39, 0.29) is 30.4 Å². The third-order valence-electron chi connectivity index (χ3n) is 4.32. The van der Waals surface area contributed by atoms with E-state index >= 15 is 0 Å². The van der Waals surface area contributed by atoms with Crippen LogP contribution in [0.1, 0.15) is 61.8 Å². The lowest BCUT2D eigenvalue weighted by Crippen LogP contribution is -2.42. The summed E-state index contributed by atoms with van der Waals surface area (Å²) in [5, 5.41) is 17.0. The van der Waals surface area contributed by atoms with Crippen molar-refractivity contribution in [2.45, 2.75) is 53.0 Å². The first-order chi connectivity index (χ1) is 10.9. The first-order valence-corrected chi connectivity index (χ1v) is 8.07. The van der Waals surface area contributed by atoms with Gasteiger partial charge in [0.2, 0.25) is 0 Å². The second kappa shape index (κ2) is 7.08. The van der Waals surface area contributed by atoms with Crippen molar-refractivity contribution < 1.29 is 14.4 Å². The van der Waals surface area contributed by atoms with Gasteiger partial charge in [0.25, 0.3) is 11.6 Å². The summed E-state index contributed by atoms with van der Waals surface area (Å²) in [6.07, 6.45) is 0.876. The van der Waals surface area contributed by atoms with Crippen LogP contribution in [0, 0.1) is 12.8 Å². The van der Waals surface area contributed by atoms with E-state index in [9.17, 15) is 9.90 Å². The summed E-state index contributed by atoms with van der Waals surface area (Å²) in [5.41, 5.74) is 2.29. The molecule has 0 aromatic carbocycles. The molecule has 0 radical (unpaired) electrons. The van der Waals surface area contributed by atoms with Gasteiger partial charge in [-0.1, -0.05) is 39.3 Å². The maximum Gasteiger partial charge on any atom is 0.259 e. The molecule has 2 heterocycles. The zero-order valence-electron chi connectivity index (χ0n) is 14.4. The molecule has 0 saturated carbocycles. The third kappa shape index (κ3) is 3.52. The second-order valence-electron chi connectivity index (χ2n) is 6.35. The van der Waals surface area contributed by atoms with Gasteiger partial charge in [-0.15, -0.1) is 0 Å². The standard InChI is InChI=1S/C17H25N3O3/c1-6-10(4)14(8-21)18-16(22)12-7-13(9(2)3)19-17-15(12)11(5)20-23-17/h7,9-10,14,21H,6,8H2,1-5H3,(H,18,22)/t10-,14-/m0/s1. The van der Waals surface area contributed by atoms with E-state index in [1.165, 1.54) is 0 Å². The fraction of sp³-hybridized carbons (Fsp3) is 0.588. The van der Waals surface area contributed by atoms with E-state index < -0.39 is 0 Å². The van der Waals surface area contributed by atoms with Crippen LogP contribution < -0.4 is 5.32 Å². The highest BCUT2D eigenvalue weighted by Crippen LogP contribution is 2.25. The molecule has 2 aromatic heterocycles. The molecule has 2 aromatic rings. The summed E-state index contributed by atoms with van der Waals surface area (Å²) in [5.74, 6) is 0.124. The van der Waals surface area contributed by atoms with Crippen molar-refractivity contribution in [1.29, 1.82) is 0 Å². The molecule has 0 fully saturated rings. The number of fused-ring (bicyclic) bond motifs is 1. The lowest BCUT2D eigenvalue weighted by atomic mass is 9.98. The Morgan fingerprint density at radius 1 is 1.39 bits per heavy atom. The van der Waals surface area contributed by atoms with Gasteiger partial charge in [0.15, 0.2) is 0 Å². The van der Waals surface area contributed by atoms with Gasteiger partial charge in [-0.2, -0.15) is 0 Å².